The Labute approximate surface area is 203 Å². The number of aromatic nitrogens is 2. The summed E-state index contributed by atoms with van der Waals surface area (Å²) in [5, 5.41) is 2.80. The van der Waals surface area contributed by atoms with Gasteiger partial charge in [-0.25, -0.2) is 9.37 Å². The Hall–Kier alpha value is -4.10. The molecule has 0 spiro atoms. The molecule has 4 aromatic rings. The van der Waals surface area contributed by atoms with Crippen molar-refractivity contribution in [1.29, 1.82) is 0 Å². The van der Waals surface area contributed by atoms with Crippen LogP contribution in [0.3, 0.4) is 0 Å². The van der Waals surface area contributed by atoms with Gasteiger partial charge in [0, 0.05) is 36.7 Å². The summed E-state index contributed by atoms with van der Waals surface area (Å²) >= 11 is 0. The molecule has 0 aliphatic carbocycles. The Morgan fingerprint density at radius 2 is 1.86 bits per heavy atom. The van der Waals surface area contributed by atoms with Crippen LogP contribution in [0.2, 0.25) is 0 Å². The SMILES string of the molecule is CN(C)CCn1ccnc1-c1ccc(N=C(c2ccccc2)C2C(=O)Nc3cc(F)ccc32)cc1. The second kappa shape index (κ2) is 9.64. The summed E-state index contributed by atoms with van der Waals surface area (Å²) in [4.78, 5) is 24.6. The van der Waals surface area contributed by atoms with Crippen LogP contribution in [0.25, 0.3) is 11.4 Å². The van der Waals surface area contributed by atoms with Gasteiger partial charge in [-0.2, -0.15) is 0 Å². The summed E-state index contributed by atoms with van der Waals surface area (Å²) in [5.41, 5.74) is 4.39. The number of carbonyl (C=O) groups is 1. The van der Waals surface area contributed by atoms with Crippen molar-refractivity contribution in [3.63, 3.8) is 0 Å². The Kier molecular flexibility index (Phi) is 6.25. The molecule has 1 N–H and O–H groups in total. The number of carbonyl (C=O) groups excluding carboxylic acids is 1. The first-order valence-electron chi connectivity index (χ1n) is 11.5. The molecule has 35 heavy (non-hydrogen) atoms. The first kappa shape index (κ1) is 22.7. The van der Waals surface area contributed by atoms with Crippen molar-refractivity contribution >= 4 is 23.0 Å². The van der Waals surface area contributed by atoms with Crippen LogP contribution in [0.1, 0.15) is 17.0 Å². The van der Waals surface area contributed by atoms with Gasteiger partial charge in [-0.3, -0.25) is 9.79 Å². The maximum Gasteiger partial charge on any atom is 0.238 e. The number of fused-ring (bicyclic) bond motifs is 1. The quantitative estimate of drug-likeness (QED) is 0.384. The zero-order chi connectivity index (χ0) is 24.4. The number of amides is 1. The van der Waals surface area contributed by atoms with Gasteiger partial charge >= 0.3 is 0 Å². The lowest BCUT2D eigenvalue weighted by atomic mass is 9.90. The van der Waals surface area contributed by atoms with Gasteiger partial charge in [-0.15, -0.1) is 0 Å². The molecule has 0 fully saturated rings. The van der Waals surface area contributed by atoms with Gasteiger partial charge < -0.3 is 14.8 Å². The van der Waals surface area contributed by atoms with E-state index in [1.165, 1.54) is 12.1 Å². The van der Waals surface area contributed by atoms with Crippen LogP contribution in [0.5, 0.6) is 0 Å². The minimum Gasteiger partial charge on any atom is -0.330 e. The van der Waals surface area contributed by atoms with Gasteiger partial charge in [0.2, 0.25) is 5.91 Å². The lowest BCUT2D eigenvalue weighted by molar-refractivity contribution is -0.115. The van der Waals surface area contributed by atoms with E-state index in [0.717, 1.165) is 41.3 Å². The zero-order valence-electron chi connectivity index (χ0n) is 19.6. The minimum absolute atomic E-state index is 0.215. The van der Waals surface area contributed by atoms with E-state index in [0.29, 0.717) is 11.4 Å². The van der Waals surface area contributed by atoms with Gasteiger partial charge in [0.1, 0.15) is 17.6 Å². The second-order valence-electron chi connectivity index (χ2n) is 8.81. The van der Waals surface area contributed by atoms with Crippen LogP contribution in [-0.2, 0) is 11.3 Å². The van der Waals surface area contributed by atoms with E-state index in [4.69, 9.17) is 4.99 Å². The number of imidazole rings is 1. The van der Waals surface area contributed by atoms with E-state index in [1.54, 1.807) is 6.07 Å². The molecule has 0 saturated carbocycles. The summed E-state index contributed by atoms with van der Waals surface area (Å²) in [6, 6.07) is 21.9. The number of benzene rings is 3. The number of hydrogen-bond acceptors (Lipinski definition) is 4. The van der Waals surface area contributed by atoms with E-state index in [1.807, 2.05) is 81.1 Å². The Balaban J connectivity index is 1.51. The number of aliphatic imine (C=N–C) groups is 1. The van der Waals surface area contributed by atoms with Crippen LogP contribution in [-0.4, -0.2) is 46.7 Å². The van der Waals surface area contributed by atoms with Crippen molar-refractivity contribution in [2.75, 3.05) is 26.0 Å². The van der Waals surface area contributed by atoms with Crippen LogP contribution >= 0.6 is 0 Å². The molecule has 3 aromatic carbocycles. The third-order valence-corrected chi connectivity index (χ3v) is 6.07. The lowest BCUT2D eigenvalue weighted by Crippen LogP contribution is -2.21. The van der Waals surface area contributed by atoms with Crippen molar-refractivity contribution in [2.24, 2.45) is 4.99 Å². The summed E-state index contributed by atoms with van der Waals surface area (Å²) < 4.78 is 15.9. The molecule has 1 aromatic heterocycles. The smallest absolute Gasteiger partial charge is 0.238 e. The first-order chi connectivity index (χ1) is 17.0. The van der Waals surface area contributed by atoms with Crippen LogP contribution < -0.4 is 5.32 Å². The van der Waals surface area contributed by atoms with Crippen molar-refractivity contribution < 1.29 is 9.18 Å². The maximum atomic E-state index is 13.8. The maximum absolute atomic E-state index is 13.8. The highest BCUT2D eigenvalue weighted by molar-refractivity contribution is 6.24. The lowest BCUT2D eigenvalue weighted by Gasteiger charge is -2.14. The molecule has 0 radical (unpaired) electrons. The molecule has 1 amide bonds. The van der Waals surface area contributed by atoms with Gasteiger partial charge in [-0.1, -0.05) is 36.4 Å². The minimum atomic E-state index is -0.627. The Morgan fingerprint density at radius 1 is 1.09 bits per heavy atom. The molecule has 0 bridgehead atoms. The molecular weight excluding hydrogens is 441 g/mol. The molecular formula is C28H26FN5O. The summed E-state index contributed by atoms with van der Waals surface area (Å²) in [7, 11) is 4.10. The highest BCUT2D eigenvalue weighted by Gasteiger charge is 2.35. The van der Waals surface area contributed by atoms with Gasteiger partial charge in [0.25, 0.3) is 0 Å². The number of halogens is 1. The van der Waals surface area contributed by atoms with Gasteiger partial charge in [-0.05, 0) is 61.6 Å². The van der Waals surface area contributed by atoms with Crippen molar-refractivity contribution in [1.82, 2.24) is 14.5 Å². The van der Waals surface area contributed by atoms with Crippen LogP contribution in [0.15, 0.2) is 90.2 Å². The fourth-order valence-electron chi connectivity index (χ4n) is 4.29. The summed E-state index contributed by atoms with van der Waals surface area (Å²) in [5.74, 6) is -0.329. The van der Waals surface area contributed by atoms with Crippen LogP contribution in [0.4, 0.5) is 15.8 Å². The standard InChI is InChI=1S/C28H26FN5O/c1-33(2)16-17-34-15-14-30-27(34)20-8-11-22(12-9-20)31-26(19-6-4-3-5-7-19)25-23-13-10-21(29)18-24(23)32-28(25)35/h3-15,18,25H,16-17H2,1-2H3,(H,32,35). The number of hydrogen-bond donors (Lipinski definition) is 1. The fraction of sp³-hybridized carbons (Fsp3) is 0.179. The molecule has 1 atom stereocenters. The van der Waals surface area contributed by atoms with E-state index in [-0.39, 0.29) is 11.7 Å². The Morgan fingerprint density at radius 3 is 2.60 bits per heavy atom. The number of rotatable bonds is 7. The molecule has 176 valence electrons. The summed E-state index contributed by atoms with van der Waals surface area (Å²) in [6.07, 6.45) is 3.79. The van der Waals surface area contributed by atoms with Crippen LogP contribution in [0, 0.1) is 5.82 Å². The fourth-order valence-corrected chi connectivity index (χ4v) is 4.29. The number of nitrogens with zero attached hydrogens (tertiary/aromatic N) is 4. The van der Waals surface area contributed by atoms with Gasteiger partial charge in [0.05, 0.1) is 11.4 Å². The average Bonchev–Trinajstić information content (AvgIpc) is 3.45. The highest BCUT2D eigenvalue weighted by atomic mass is 19.1. The highest BCUT2D eigenvalue weighted by Crippen LogP contribution is 2.36. The van der Waals surface area contributed by atoms with Gasteiger partial charge in [0.15, 0.2) is 0 Å². The predicted octanol–water partition coefficient (Wildman–Crippen LogP) is 5.11. The molecule has 2 heterocycles. The molecule has 5 rings (SSSR count). The van der Waals surface area contributed by atoms with Crippen molar-refractivity contribution in [2.45, 2.75) is 12.5 Å². The van der Waals surface area contributed by atoms with Crippen molar-refractivity contribution in [3.8, 4) is 11.4 Å². The van der Waals surface area contributed by atoms with Crippen molar-refractivity contribution in [3.05, 3.63) is 102 Å². The molecule has 1 aliphatic rings. The molecule has 6 nitrogen and oxygen atoms in total. The monoisotopic (exact) mass is 467 g/mol. The Bertz CT molecular complexity index is 1380. The third kappa shape index (κ3) is 4.76. The third-order valence-electron chi connectivity index (χ3n) is 6.07. The summed E-state index contributed by atoms with van der Waals surface area (Å²) in [6.45, 7) is 1.76. The topological polar surface area (TPSA) is 62.5 Å². The van der Waals surface area contributed by atoms with E-state index >= 15 is 0 Å². The number of likely N-dealkylation sites (N-methyl/N-ethyl adjacent to an activating group) is 1. The average molecular weight is 468 g/mol. The first-order valence-corrected chi connectivity index (χ1v) is 11.5. The number of anilines is 1. The van der Waals surface area contributed by atoms with E-state index in [2.05, 4.69) is 19.8 Å². The van der Waals surface area contributed by atoms with E-state index < -0.39 is 5.92 Å². The molecule has 0 saturated heterocycles. The largest absolute Gasteiger partial charge is 0.330 e. The van der Waals surface area contributed by atoms with E-state index in [9.17, 15) is 9.18 Å². The second-order valence-corrected chi connectivity index (χ2v) is 8.81. The zero-order valence-corrected chi connectivity index (χ0v) is 19.6. The predicted molar refractivity (Wildman–Crippen MR) is 137 cm³/mol. The normalized spacial score (nSPS) is 15.4. The molecule has 1 unspecified atom stereocenters. The molecule has 1 aliphatic heterocycles. The number of nitrogens with one attached hydrogen (secondary N) is 1. The molecule has 7 heteroatoms.